The van der Waals surface area contributed by atoms with E-state index < -0.39 is 40.8 Å². The zero-order valence-electron chi connectivity index (χ0n) is 17.3. The van der Waals surface area contributed by atoms with Crippen LogP contribution in [0.3, 0.4) is 0 Å². The van der Waals surface area contributed by atoms with Crippen molar-refractivity contribution < 1.29 is 41.4 Å². The number of carbonyl (C=O) groups is 2. The molecule has 18 heteroatoms. The lowest BCUT2D eigenvalue weighted by Gasteiger charge is -2.08. The Morgan fingerprint density at radius 3 is 2.26 bits per heavy atom. The third-order valence-corrected chi connectivity index (χ3v) is 4.35. The monoisotopic (exact) mass is 529 g/mol. The van der Waals surface area contributed by atoms with E-state index in [-0.39, 0.29) is 18.1 Å². The average Bonchev–Trinajstić information content (AvgIpc) is 2.67. The van der Waals surface area contributed by atoms with E-state index in [2.05, 4.69) is 19.7 Å². The predicted octanol–water partition coefficient (Wildman–Crippen LogP) is 0.515. The van der Waals surface area contributed by atoms with Crippen LogP contribution in [-0.2, 0) is 19.8 Å². The molecule has 0 atom stereocenters. The van der Waals surface area contributed by atoms with Gasteiger partial charge in [0.15, 0.2) is 5.96 Å². The Morgan fingerprint density at radius 1 is 1.18 bits per heavy atom. The number of aliphatic imine (C=N–C) groups is 1. The fourth-order valence-electron chi connectivity index (χ4n) is 1.69. The van der Waals surface area contributed by atoms with Crippen molar-refractivity contribution >= 4 is 51.5 Å². The van der Waals surface area contributed by atoms with Crippen molar-refractivity contribution in [2.45, 2.75) is 24.0 Å². The molecule has 0 aromatic carbocycles. The molecular formula is C16H22F3N7O6S2. The fraction of sp³-hybridized carbons (Fsp3) is 0.312. The van der Waals surface area contributed by atoms with E-state index in [1.54, 1.807) is 12.1 Å². The second-order valence-corrected chi connectivity index (χ2v) is 8.19. The summed E-state index contributed by atoms with van der Waals surface area (Å²) in [6.07, 6.45) is -2.57. The van der Waals surface area contributed by atoms with Gasteiger partial charge in [-0.05, 0) is 24.3 Å². The van der Waals surface area contributed by atoms with Crippen molar-refractivity contribution in [3.05, 3.63) is 30.4 Å². The molecule has 190 valence electrons. The molecule has 0 radical (unpaired) electrons. The number of aromatic nitrogens is 1. The average molecular weight is 530 g/mol. The molecule has 0 amide bonds. The molecule has 34 heavy (non-hydrogen) atoms. The summed E-state index contributed by atoms with van der Waals surface area (Å²) in [5, 5.41) is 23.4. The van der Waals surface area contributed by atoms with Crippen LogP contribution in [0, 0.1) is 0 Å². The van der Waals surface area contributed by atoms with Crippen LogP contribution >= 0.6 is 11.8 Å². The van der Waals surface area contributed by atoms with Crippen LogP contribution in [0.15, 0.2) is 44.8 Å². The van der Waals surface area contributed by atoms with Crippen LogP contribution in [0.25, 0.3) is 0 Å². The topological polar surface area (TPSA) is 236 Å². The molecule has 0 saturated heterocycles. The van der Waals surface area contributed by atoms with Gasteiger partial charge in [0.2, 0.25) is 0 Å². The molecule has 0 saturated carbocycles. The van der Waals surface area contributed by atoms with Crippen LogP contribution < -0.4 is 21.9 Å². The SMILES string of the molecule is NC(CCCSc1cccc(NC(N)=NCC(F)(F)F)n1)=NS(N)(=O)=O.O=C(O)/C=C\C(=O)O. The maximum Gasteiger partial charge on any atom is 0.408 e. The summed E-state index contributed by atoms with van der Waals surface area (Å²) >= 11 is 1.34. The molecule has 1 aromatic rings. The van der Waals surface area contributed by atoms with Gasteiger partial charge >= 0.3 is 28.3 Å². The van der Waals surface area contributed by atoms with Crippen LogP contribution in [0.2, 0.25) is 0 Å². The Hall–Kier alpha value is -3.38. The van der Waals surface area contributed by atoms with E-state index in [9.17, 15) is 31.2 Å². The Kier molecular flexibility index (Phi) is 13.2. The number of rotatable bonds is 10. The minimum Gasteiger partial charge on any atom is -0.478 e. The summed E-state index contributed by atoms with van der Waals surface area (Å²) in [4.78, 5) is 26.4. The number of carboxylic acids is 2. The molecule has 0 bridgehead atoms. The Labute approximate surface area is 196 Å². The van der Waals surface area contributed by atoms with Gasteiger partial charge < -0.3 is 27.0 Å². The molecule has 0 aliphatic carbocycles. The quantitative estimate of drug-likeness (QED) is 0.0802. The number of nitrogens with one attached hydrogen (secondary N) is 1. The number of carboxylic acid groups (broad SMARTS) is 2. The molecule has 13 nitrogen and oxygen atoms in total. The first-order valence-corrected chi connectivity index (χ1v) is 11.3. The van der Waals surface area contributed by atoms with Crippen LogP contribution in [0.5, 0.6) is 0 Å². The normalized spacial score (nSPS) is 12.7. The zero-order valence-corrected chi connectivity index (χ0v) is 18.9. The molecular weight excluding hydrogens is 507 g/mol. The number of guanidine groups is 1. The molecule has 0 spiro atoms. The lowest BCUT2D eigenvalue weighted by molar-refractivity contribution is -0.134. The van der Waals surface area contributed by atoms with Crippen molar-refractivity contribution in [2.24, 2.45) is 26.0 Å². The first-order valence-electron chi connectivity index (χ1n) is 8.82. The summed E-state index contributed by atoms with van der Waals surface area (Å²) in [6.45, 7) is -1.39. The molecule has 1 heterocycles. The van der Waals surface area contributed by atoms with Crippen molar-refractivity contribution in [3.63, 3.8) is 0 Å². The minimum atomic E-state index is -4.44. The number of nitrogens with two attached hydrogens (primary N) is 3. The highest BCUT2D eigenvalue weighted by Gasteiger charge is 2.26. The number of pyridine rings is 1. The number of thioether (sulfide) groups is 1. The highest BCUT2D eigenvalue weighted by molar-refractivity contribution is 7.99. The van der Waals surface area contributed by atoms with Gasteiger partial charge in [-0.3, -0.25) is 0 Å². The summed E-state index contributed by atoms with van der Waals surface area (Å²) < 4.78 is 60.8. The summed E-state index contributed by atoms with van der Waals surface area (Å²) in [5.74, 6) is -2.21. The van der Waals surface area contributed by atoms with E-state index in [0.717, 1.165) is 0 Å². The maximum absolute atomic E-state index is 12.1. The third-order valence-electron chi connectivity index (χ3n) is 2.85. The van der Waals surface area contributed by atoms with Gasteiger partial charge in [-0.1, -0.05) is 6.07 Å². The van der Waals surface area contributed by atoms with Gasteiger partial charge in [-0.25, -0.2) is 24.7 Å². The Balaban J connectivity index is 0.00000116. The second-order valence-electron chi connectivity index (χ2n) is 5.86. The van der Waals surface area contributed by atoms with Gasteiger partial charge in [0.1, 0.15) is 18.2 Å². The van der Waals surface area contributed by atoms with Crippen molar-refractivity contribution in [1.29, 1.82) is 0 Å². The minimum absolute atomic E-state index is 0.0925. The van der Waals surface area contributed by atoms with E-state index in [0.29, 0.717) is 29.4 Å². The van der Waals surface area contributed by atoms with Gasteiger partial charge in [0.05, 0.1) is 5.03 Å². The number of amidine groups is 1. The molecule has 0 unspecified atom stereocenters. The smallest absolute Gasteiger partial charge is 0.408 e. The lowest BCUT2D eigenvalue weighted by Crippen LogP contribution is -2.26. The van der Waals surface area contributed by atoms with Crippen LogP contribution in [0.4, 0.5) is 19.0 Å². The number of alkyl halides is 3. The van der Waals surface area contributed by atoms with Crippen LogP contribution in [0.1, 0.15) is 12.8 Å². The zero-order chi connectivity index (χ0) is 26.4. The second kappa shape index (κ2) is 14.7. The van der Waals surface area contributed by atoms with Gasteiger partial charge in [-0.15, -0.1) is 16.2 Å². The molecule has 1 aromatic heterocycles. The van der Waals surface area contributed by atoms with Gasteiger partial charge in [0.25, 0.3) is 0 Å². The molecule has 1 rings (SSSR count). The maximum atomic E-state index is 12.1. The predicted molar refractivity (Wildman–Crippen MR) is 120 cm³/mol. The number of aliphatic carboxylic acids is 2. The highest BCUT2D eigenvalue weighted by Crippen LogP contribution is 2.19. The molecule has 0 aliphatic rings. The van der Waals surface area contributed by atoms with E-state index >= 15 is 0 Å². The van der Waals surface area contributed by atoms with Gasteiger partial charge in [-0.2, -0.15) is 21.6 Å². The van der Waals surface area contributed by atoms with Crippen molar-refractivity contribution in [1.82, 2.24) is 4.98 Å². The number of nitrogens with zero attached hydrogens (tertiary/aromatic N) is 3. The number of halogens is 3. The van der Waals surface area contributed by atoms with E-state index in [1.165, 1.54) is 17.8 Å². The van der Waals surface area contributed by atoms with E-state index in [4.69, 9.17) is 26.8 Å². The van der Waals surface area contributed by atoms with Crippen LogP contribution in [-0.4, -0.2) is 65.8 Å². The van der Waals surface area contributed by atoms with Crippen molar-refractivity contribution in [3.8, 4) is 0 Å². The number of hydrogen-bond donors (Lipinski definition) is 6. The lowest BCUT2D eigenvalue weighted by atomic mass is 10.3. The first kappa shape index (κ1) is 30.6. The molecule has 0 fully saturated rings. The Bertz CT molecular complexity index is 1010. The largest absolute Gasteiger partial charge is 0.478 e. The van der Waals surface area contributed by atoms with Gasteiger partial charge in [0, 0.05) is 18.6 Å². The highest BCUT2D eigenvalue weighted by atomic mass is 32.2. The van der Waals surface area contributed by atoms with Crippen molar-refractivity contribution in [2.75, 3.05) is 17.6 Å². The summed E-state index contributed by atoms with van der Waals surface area (Å²) in [7, 11) is -4.00. The first-order chi connectivity index (χ1) is 15.6. The summed E-state index contributed by atoms with van der Waals surface area (Å²) in [6, 6.07) is 4.86. The standard InChI is InChI=1S/C12H18F3N7O2S2.C4H4O4/c13-12(14,15)7-19-11(17)21-9-4-1-5-10(20-9)25-6-2-3-8(16)22-26(18,23)24;5-3(6)1-2-4(7)8/h1,4-5H,2-3,6-7H2,(H2,16,22)(H2,18,23,24)(H3,17,19,20,21);1-2H,(H,5,6)(H,7,8)/b;2-1-. The fourth-order valence-corrected chi connectivity index (χ4v) is 2.95. The number of hydrogen-bond acceptors (Lipinski definition) is 7. The van der Waals surface area contributed by atoms with E-state index in [1.807, 2.05) is 0 Å². The third kappa shape index (κ3) is 19.3. The Morgan fingerprint density at radius 2 is 1.76 bits per heavy atom. The molecule has 0 aliphatic heterocycles. The molecule has 9 N–H and O–H groups in total. The summed E-state index contributed by atoms with van der Waals surface area (Å²) in [5.41, 5.74) is 10.8. The number of anilines is 1.